The van der Waals surface area contributed by atoms with Gasteiger partial charge in [-0.25, -0.2) is 9.37 Å². The highest BCUT2D eigenvalue weighted by Gasteiger charge is 2.22. The Labute approximate surface area is 179 Å². The molecule has 6 nitrogen and oxygen atoms in total. The molecule has 0 atom stereocenters. The molecule has 1 N–H and O–H groups in total. The molecule has 2 heterocycles. The van der Waals surface area contributed by atoms with Gasteiger partial charge < -0.3 is 14.8 Å². The third-order valence-corrected chi connectivity index (χ3v) is 4.67. The number of amides is 1. The van der Waals surface area contributed by atoms with Gasteiger partial charge in [-0.2, -0.15) is 0 Å². The molecule has 3 aromatic rings. The number of hydrogen-bond acceptors (Lipinski definition) is 5. The Hall–Kier alpha value is -3.74. The first-order valence-corrected chi connectivity index (χ1v) is 10.1. The van der Waals surface area contributed by atoms with Crippen molar-refractivity contribution in [2.24, 2.45) is 5.92 Å². The van der Waals surface area contributed by atoms with Gasteiger partial charge in [-0.3, -0.25) is 9.78 Å². The van der Waals surface area contributed by atoms with Crippen LogP contribution < -0.4 is 14.8 Å². The molecule has 1 aliphatic rings. The van der Waals surface area contributed by atoms with Crippen LogP contribution in [0.15, 0.2) is 67.1 Å². The van der Waals surface area contributed by atoms with E-state index in [4.69, 9.17) is 9.47 Å². The van der Waals surface area contributed by atoms with Gasteiger partial charge in [0.1, 0.15) is 5.75 Å². The van der Waals surface area contributed by atoms with Crippen LogP contribution >= 0.6 is 0 Å². The third kappa shape index (κ3) is 6.37. The highest BCUT2D eigenvalue weighted by molar-refractivity contribution is 5.91. The summed E-state index contributed by atoms with van der Waals surface area (Å²) in [4.78, 5) is 20.2. The number of benzene rings is 1. The fraction of sp³-hybridized carbons (Fsp3) is 0.208. The Morgan fingerprint density at radius 3 is 2.81 bits per heavy atom. The van der Waals surface area contributed by atoms with Gasteiger partial charge in [0.25, 0.3) is 0 Å². The monoisotopic (exact) mass is 419 g/mol. The zero-order chi connectivity index (χ0) is 21.5. The number of nitrogens with zero attached hydrogens (tertiary/aromatic N) is 2. The molecule has 158 valence electrons. The number of rotatable bonds is 9. The van der Waals surface area contributed by atoms with Crippen molar-refractivity contribution in [3.63, 3.8) is 0 Å². The summed E-state index contributed by atoms with van der Waals surface area (Å²) in [5.74, 6) is 0.991. The first kappa shape index (κ1) is 20.5. The van der Waals surface area contributed by atoms with E-state index in [1.54, 1.807) is 42.7 Å². The van der Waals surface area contributed by atoms with Gasteiger partial charge in [-0.05, 0) is 60.2 Å². The van der Waals surface area contributed by atoms with E-state index in [9.17, 15) is 9.18 Å². The second-order valence-electron chi connectivity index (χ2n) is 7.29. The predicted octanol–water partition coefficient (Wildman–Crippen LogP) is 4.53. The van der Waals surface area contributed by atoms with Crippen LogP contribution in [0.4, 0.5) is 4.39 Å². The van der Waals surface area contributed by atoms with Crippen molar-refractivity contribution in [3.8, 4) is 17.4 Å². The van der Waals surface area contributed by atoms with Crippen molar-refractivity contribution in [3.05, 3.63) is 84.1 Å². The maximum Gasteiger partial charge on any atom is 0.244 e. The molecular weight excluding hydrogens is 397 g/mol. The molecule has 2 aromatic heterocycles. The average Bonchev–Trinajstić information content (AvgIpc) is 3.62. The topological polar surface area (TPSA) is 73.3 Å². The van der Waals surface area contributed by atoms with Crippen molar-refractivity contribution in [1.82, 2.24) is 15.3 Å². The molecule has 7 heteroatoms. The highest BCUT2D eigenvalue weighted by atomic mass is 19.1. The van der Waals surface area contributed by atoms with Crippen molar-refractivity contribution in [2.75, 3.05) is 6.61 Å². The lowest BCUT2D eigenvalue weighted by Gasteiger charge is -2.07. The molecular formula is C24H22FN3O3. The van der Waals surface area contributed by atoms with E-state index in [1.807, 2.05) is 6.07 Å². The summed E-state index contributed by atoms with van der Waals surface area (Å²) in [5.41, 5.74) is 1.41. The van der Waals surface area contributed by atoms with Crippen molar-refractivity contribution in [2.45, 2.75) is 19.4 Å². The zero-order valence-electron chi connectivity index (χ0n) is 16.8. The first-order chi connectivity index (χ1) is 15.2. The maximum absolute atomic E-state index is 14.3. The minimum Gasteiger partial charge on any atom is -0.477 e. The number of nitrogens with one attached hydrogen (secondary N) is 1. The Kier molecular flexibility index (Phi) is 6.52. The number of hydrogen-bond donors (Lipinski definition) is 1. The summed E-state index contributed by atoms with van der Waals surface area (Å²) in [5, 5.41) is 2.78. The molecule has 1 fully saturated rings. The van der Waals surface area contributed by atoms with Crippen LogP contribution in [0, 0.1) is 11.7 Å². The summed E-state index contributed by atoms with van der Waals surface area (Å²) in [6, 6.07) is 11.6. The fourth-order valence-electron chi connectivity index (χ4n) is 2.75. The normalized spacial score (nSPS) is 13.2. The van der Waals surface area contributed by atoms with E-state index >= 15 is 0 Å². The Bertz CT molecular complexity index is 1050. The SMILES string of the molecule is O=C(/C=C/c1ccc(Oc2cccnc2)c(F)c1)NCc1ccc(OCC2CC2)nc1. The van der Waals surface area contributed by atoms with Gasteiger partial charge in [-0.15, -0.1) is 0 Å². The number of aromatic nitrogens is 2. The molecule has 1 saturated carbocycles. The minimum absolute atomic E-state index is 0.0895. The minimum atomic E-state index is -0.526. The molecule has 0 bridgehead atoms. The highest BCUT2D eigenvalue weighted by Crippen LogP contribution is 2.29. The van der Waals surface area contributed by atoms with E-state index in [0.717, 1.165) is 5.56 Å². The van der Waals surface area contributed by atoms with Crippen LogP contribution in [0.5, 0.6) is 17.4 Å². The molecule has 31 heavy (non-hydrogen) atoms. The molecule has 0 aliphatic heterocycles. The van der Waals surface area contributed by atoms with Gasteiger partial charge in [-0.1, -0.05) is 12.1 Å². The lowest BCUT2D eigenvalue weighted by molar-refractivity contribution is -0.116. The van der Waals surface area contributed by atoms with Crippen LogP contribution in [-0.2, 0) is 11.3 Å². The molecule has 0 unspecified atom stereocenters. The number of pyridine rings is 2. The maximum atomic E-state index is 14.3. The smallest absolute Gasteiger partial charge is 0.244 e. The van der Waals surface area contributed by atoms with Gasteiger partial charge in [0.05, 0.1) is 12.8 Å². The van der Waals surface area contributed by atoms with Crippen LogP contribution in [0.25, 0.3) is 6.08 Å². The second kappa shape index (κ2) is 9.84. The largest absolute Gasteiger partial charge is 0.477 e. The summed E-state index contributed by atoms with van der Waals surface area (Å²) in [6.07, 6.45) is 10.2. The molecule has 4 rings (SSSR count). The molecule has 0 saturated heterocycles. The number of halogens is 1. The number of carbonyl (C=O) groups is 1. The van der Waals surface area contributed by atoms with Gasteiger partial charge in [0.15, 0.2) is 11.6 Å². The predicted molar refractivity (Wildman–Crippen MR) is 114 cm³/mol. The number of ether oxygens (including phenoxy) is 2. The van der Waals surface area contributed by atoms with Crippen molar-refractivity contribution < 1.29 is 18.7 Å². The Morgan fingerprint density at radius 2 is 2.10 bits per heavy atom. The summed E-state index contributed by atoms with van der Waals surface area (Å²) in [7, 11) is 0. The lowest BCUT2D eigenvalue weighted by atomic mass is 10.2. The Balaban J connectivity index is 1.26. The number of carbonyl (C=O) groups excluding carboxylic acids is 1. The molecule has 1 amide bonds. The average molecular weight is 419 g/mol. The zero-order valence-corrected chi connectivity index (χ0v) is 16.8. The third-order valence-electron chi connectivity index (χ3n) is 4.67. The summed E-state index contributed by atoms with van der Waals surface area (Å²) in [6.45, 7) is 1.05. The van der Waals surface area contributed by atoms with Gasteiger partial charge in [0, 0.05) is 31.1 Å². The van der Waals surface area contributed by atoms with Crippen LogP contribution in [0.3, 0.4) is 0 Å². The van der Waals surface area contributed by atoms with Crippen molar-refractivity contribution >= 4 is 12.0 Å². The quantitative estimate of drug-likeness (QED) is 0.516. The van der Waals surface area contributed by atoms with E-state index in [2.05, 4.69) is 15.3 Å². The van der Waals surface area contributed by atoms with E-state index in [0.29, 0.717) is 36.3 Å². The van der Waals surface area contributed by atoms with E-state index < -0.39 is 5.82 Å². The lowest BCUT2D eigenvalue weighted by Crippen LogP contribution is -2.20. The van der Waals surface area contributed by atoms with E-state index in [-0.39, 0.29) is 11.7 Å². The second-order valence-corrected chi connectivity index (χ2v) is 7.29. The van der Waals surface area contributed by atoms with Crippen molar-refractivity contribution in [1.29, 1.82) is 0 Å². The van der Waals surface area contributed by atoms with Crippen LogP contribution in [0.1, 0.15) is 24.0 Å². The van der Waals surface area contributed by atoms with E-state index in [1.165, 1.54) is 37.2 Å². The molecule has 0 spiro atoms. The van der Waals surface area contributed by atoms with Gasteiger partial charge in [0.2, 0.25) is 11.8 Å². The molecule has 1 aromatic carbocycles. The van der Waals surface area contributed by atoms with Gasteiger partial charge >= 0.3 is 0 Å². The fourth-order valence-corrected chi connectivity index (χ4v) is 2.75. The molecule has 0 radical (unpaired) electrons. The standard InChI is InChI=1S/C24H22FN3O3/c25-21-12-17(5-8-22(21)31-20-2-1-11-26-15-20)6-9-23(29)27-13-19-7-10-24(28-14-19)30-16-18-3-4-18/h1-2,5-12,14-15,18H,3-4,13,16H2,(H,27,29)/b9-6+. The Morgan fingerprint density at radius 1 is 1.19 bits per heavy atom. The first-order valence-electron chi connectivity index (χ1n) is 10.1. The summed E-state index contributed by atoms with van der Waals surface area (Å²) < 4.78 is 25.3. The van der Waals surface area contributed by atoms with Crippen LogP contribution in [0.2, 0.25) is 0 Å². The summed E-state index contributed by atoms with van der Waals surface area (Å²) >= 11 is 0. The van der Waals surface area contributed by atoms with Crippen LogP contribution in [-0.4, -0.2) is 22.5 Å². The molecule has 1 aliphatic carbocycles.